The number of hydrogen-bond acceptors (Lipinski definition) is 2. The Balaban J connectivity index is 1.87. The standard InChI is InChI=1S/C17H32N4O/c1-4-15(22)21-11-8-14(12-21)20-16(18-5-2)19-13-17(3)9-6-7-10-17/h14H,4-13H2,1-3H3,(H2,18,19,20). The third-order valence-electron chi connectivity index (χ3n) is 4.96. The number of carbonyl (C=O) groups excluding carboxylic acids is 1. The van der Waals surface area contributed by atoms with Crippen molar-refractivity contribution in [3.8, 4) is 0 Å². The van der Waals surface area contributed by atoms with Gasteiger partial charge >= 0.3 is 0 Å². The van der Waals surface area contributed by atoms with E-state index in [0.29, 0.717) is 17.9 Å². The quantitative estimate of drug-likeness (QED) is 0.604. The lowest BCUT2D eigenvalue weighted by molar-refractivity contribution is -0.129. The number of nitrogens with one attached hydrogen (secondary N) is 2. The highest BCUT2D eigenvalue weighted by Gasteiger charge is 2.29. The van der Waals surface area contributed by atoms with E-state index >= 15 is 0 Å². The number of nitrogens with zero attached hydrogens (tertiary/aromatic N) is 2. The predicted octanol–water partition coefficient (Wildman–Crippen LogP) is 2.13. The maximum atomic E-state index is 11.8. The van der Waals surface area contributed by atoms with E-state index in [0.717, 1.165) is 38.6 Å². The van der Waals surface area contributed by atoms with E-state index in [1.54, 1.807) is 0 Å². The highest BCUT2D eigenvalue weighted by atomic mass is 16.2. The molecule has 0 aromatic carbocycles. The normalized spacial score (nSPS) is 24.6. The highest BCUT2D eigenvalue weighted by molar-refractivity contribution is 5.80. The summed E-state index contributed by atoms with van der Waals surface area (Å²) in [5.74, 6) is 1.16. The van der Waals surface area contributed by atoms with E-state index in [9.17, 15) is 4.79 Å². The summed E-state index contributed by atoms with van der Waals surface area (Å²) in [5, 5.41) is 6.86. The molecule has 1 unspecified atom stereocenters. The molecule has 0 aromatic rings. The van der Waals surface area contributed by atoms with Crippen molar-refractivity contribution in [2.75, 3.05) is 26.2 Å². The van der Waals surface area contributed by atoms with Crippen LogP contribution in [0.1, 0.15) is 59.3 Å². The van der Waals surface area contributed by atoms with E-state index in [-0.39, 0.29) is 5.91 Å². The number of likely N-dealkylation sites (tertiary alicyclic amines) is 1. The first-order chi connectivity index (χ1) is 10.6. The van der Waals surface area contributed by atoms with Gasteiger partial charge in [-0.15, -0.1) is 0 Å². The van der Waals surface area contributed by atoms with Crippen LogP contribution in [0, 0.1) is 5.41 Å². The smallest absolute Gasteiger partial charge is 0.222 e. The van der Waals surface area contributed by atoms with Crippen LogP contribution in [0.3, 0.4) is 0 Å². The molecule has 2 rings (SSSR count). The summed E-state index contributed by atoms with van der Waals surface area (Å²) in [5.41, 5.74) is 0.377. The maximum absolute atomic E-state index is 11.8. The molecular formula is C17H32N4O. The molecule has 0 spiro atoms. The van der Waals surface area contributed by atoms with E-state index < -0.39 is 0 Å². The molecule has 0 aromatic heterocycles. The van der Waals surface area contributed by atoms with Gasteiger partial charge in [-0.2, -0.15) is 0 Å². The fourth-order valence-corrected chi connectivity index (χ4v) is 3.50. The van der Waals surface area contributed by atoms with Gasteiger partial charge < -0.3 is 15.5 Å². The second-order valence-electron chi connectivity index (χ2n) is 7.04. The van der Waals surface area contributed by atoms with Gasteiger partial charge in [0.2, 0.25) is 5.91 Å². The molecule has 1 atom stereocenters. The van der Waals surface area contributed by atoms with Gasteiger partial charge in [0.05, 0.1) is 0 Å². The van der Waals surface area contributed by atoms with Crippen LogP contribution < -0.4 is 10.6 Å². The molecule has 1 saturated heterocycles. The molecule has 1 amide bonds. The molecule has 1 aliphatic heterocycles. The van der Waals surface area contributed by atoms with E-state index in [2.05, 4.69) is 24.5 Å². The molecule has 5 heteroatoms. The molecule has 1 saturated carbocycles. The van der Waals surface area contributed by atoms with Crippen LogP contribution in [-0.2, 0) is 4.79 Å². The van der Waals surface area contributed by atoms with Gasteiger partial charge in [-0.05, 0) is 31.6 Å². The third kappa shape index (κ3) is 4.62. The summed E-state index contributed by atoms with van der Waals surface area (Å²) < 4.78 is 0. The number of aliphatic imine (C=N–C) groups is 1. The summed E-state index contributed by atoms with van der Waals surface area (Å²) in [7, 11) is 0. The van der Waals surface area contributed by atoms with Crippen molar-refractivity contribution in [3.05, 3.63) is 0 Å². The Labute approximate surface area is 134 Å². The van der Waals surface area contributed by atoms with Crippen LogP contribution in [0.2, 0.25) is 0 Å². The zero-order chi connectivity index (χ0) is 16.0. The fourth-order valence-electron chi connectivity index (χ4n) is 3.50. The van der Waals surface area contributed by atoms with Crippen molar-refractivity contribution in [1.29, 1.82) is 0 Å². The van der Waals surface area contributed by atoms with Crippen LogP contribution in [0.5, 0.6) is 0 Å². The topological polar surface area (TPSA) is 56.7 Å². The number of carbonyl (C=O) groups is 1. The molecule has 0 radical (unpaired) electrons. The number of hydrogen-bond donors (Lipinski definition) is 2. The van der Waals surface area contributed by atoms with Crippen molar-refractivity contribution in [2.45, 2.75) is 65.3 Å². The zero-order valence-electron chi connectivity index (χ0n) is 14.5. The van der Waals surface area contributed by atoms with Gasteiger partial charge in [0.1, 0.15) is 0 Å². The molecule has 1 aliphatic carbocycles. The fraction of sp³-hybridized carbons (Fsp3) is 0.882. The number of rotatable bonds is 5. The largest absolute Gasteiger partial charge is 0.357 e. The molecule has 0 bridgehead atoms. The average molecular weight is 308 g/mol. The van der Waals surface area contributed by atoms with Gasteiger partial charge in [-0.3, -0.25) is 9.79 Å². The molecule has 22 heavy (non-hydrogen) atoms. The zero-order valence-corrected chi connectivity index (χ0v) is 14.5. The lowest BCUT2D eigenvalue weighted by atomic mass is 9.89. The molecular weight excluding hydrogens is 276 g/mol. The van der Waals surface area contributed by atoms with Crippen LogP contribution in [-0.4, -0.2) is 49.0 Å². The van der Waals surface area contributed by atoms with Crippen LogP contribution in [0.25, 0.3) is 0 Å². The number of guanidine groups is 1. The molecule has 126 valence electrons. The first kappa shape index (κ1) is 17.1. The SMILES string of the molecule is CCNC(=NCC1(C)CCCC1)NC1CCN(C(=O)CC)C1. The minimum atomic E-state index is 0.254. The minimum Gasteiger partial charge on any atom is -0.357 e. The van der Waals surface area contributed by atoms with Crippen LogP contribution in [0.4, 0.5) is 0 Å². The first-order valence-electron chi connectivity index (χ1n) is 8.89. The van der Waals surface area contributed by atoms with E-state index in [1.165, 1.54) is 25.7 Å². The van der Waals surface area contributed by atoms with Crippen LogP contribution >= 0.6 is 0 Å². The molecule has 2 fully saturated rings. The average Bonchev–Trinajstić information content (AvgIpc) is 3.14. The van der Waals surface area contributed by atoms with Crippen molar-refractivity contribution < 1.29 is 4.79 Å². The van der Waals surface area contributed by atoms with Gasteiger partial charge in [0.15, 0.2) is 5.96 Å². The van der Waals surface area contributed by atoms with Gasteiger partial charge in [0, 0.05) is 38.6 Å². The maximum Gasteiger partial charge on any atom is 0.222 e. The van der Waals surface area contributed by atoms with Crippen molar-refractivity contribution >= 4 is 11.9 Å². The van der Waals surface area contributed by atoms with Gasteiger partial charge in [-0.25, -0.2) is 0 Å². The lowest BCUT2D eigenvalue weighted by Gasteiger charge is -2.23. The molecule has 5 nitrogen and oxygen atoms in total. The van der Waals surface area contributed by atoms with Crippen molar-refractivity contribution in [2.24, 2.45) is 10.4 Å². The molecule has 1 heterocycles. The number of amides is 1. The van der Waals surface area contributed by atoms with Crippen LogP contribution in [0.15, 0.2) is 4.99 Å². The Morgan fingerprint density at radius 2 is 2.05 bits per heavy atom. The third-order valence-corrected chi connectivity index (χ3v) is 4.96. The second kappa shape index (κ2) is 7.84. The summed E-state index contributed by atoms with van der Waals surface area (Å²) in [6.07, 6.45) is 6.86. The monoisotopic (exact) mass is 308 g/mol. The molecule has 2 N–H and O–H groups in total. The lowest BCUT2D eigenvalue weighted by Crippen LogP contribution is -2.45. The van der Waals surface area contributed by atoms with Crippen molar-refractivity contribution in [1.82, 2.24) is 15.5 Å². The first-order valence-corrected chi connectivity index (χ1v) is 8.89. The Bertz CT molecular complexity index is 401. The Kier molecular flexibility index (Phi) is 6.09. The summed E-state index contributed by atoms with van der Waals surface area (Å²) in [4.78, 5) is 18.5. The predicted molar refractivity (Wildman–Crippen MR) is 91.0 cm³/mol. The second-order valence-corrected chi connectivity index (χ2v) is 7.04. The Morgan fingerprint density at radius 1 is 1.32 bits per heavy atom. The van der Waals surface area contributed by atoms with E-state index in [4.69, 9.17) is 4.99 Å². The van der Waals surface area contributed by atoms with Gasteiger partial charge in [-0.1, -0.05) is 26.7 Å². The van der Waals surface area contributed by atoms with E-state index in [1.807, 2.05) is 11.8 Å². The highest BCUT2D eigenvalue weighted by Crippen LogP contribution is 2.37. The van der Waals surface area contributed by atoms with Gasteiger partial charge in [0.25, 0.3) is 0 Å². The summed E-state index contributed by atoms with van der Waals surface area (Å²) >= 11 is 0. The Morgan fingerprint density at radius 3 is 2.68 bits per heavy atom. The molecule has 2 aliphatic rings. The minimum absolute atomic E-state index is 0.254. The summed E-state index contributed by atoms with van der Waals surface area (Å²) in [6.45, 7) is 9.80. The Hall–Kier alpha value is -1.26. The van der Waals surface area contributed by atoms with Crippen molar-refractivity contribution in [3.63, 3.8) is 0 Å². The summed E-state index contributed by atoms with van der Waals surface area (Å²) in [6, 6.07) is 0.324.